The summed E-state index contributed by atoms with van der Waals surface area (Å²) in [6.07, 6.45) is 5.65. The SMILES string of the molecule is Cn1c(O)c(C=Nc2ccc(N3CCCCC3)cc2)c2ccccc21. The maximum atomic E-state index is 10.4. The van der Waals surface area contributed by atoms with Gasteiger partial charge in [0.2, 0.25) is 5.88 Å². The maximum absolute atomic E-state index is 10.4. The van der Waals surface area contributed by atoms with Crippen LogP contribution in [0, 0.1) is 0 Å². The molecule has 2 aromatic carbocycles. The number of fused-ring (bicyclic) bond motifs is 1. The smallest absolute Gasteiger partial charge is 0.200 e. The lowest BCUT2D eigenvalue weighted by atomic mass is 10.1. The van der Waals surface area contributed by atoms with Gasteiger partial charge in [0.1, 0.15) is 0 Å². The Morgan fingerprint density at radius 1 is 0.960 bits per heavy atom. The first kappa shape index (κ1) is 15.8. The van der Waals surface area contributed by atoms with Gasteiger partial charge in [-0.3, -0.25) is 4.99 Å². The van der Waals surface area contributed by atoms with Crippen LogP contribution in [0.4, 0.5) is 11.4 Å². The number of anilines is 1. The normalized spacial score (nSPS) is 15.3. The summed E-state index contributed by atoms with van der Waals surface area (Å²) in [6, 6.07) is 16.3. The summed E-state index contributed by atoms with van der Waals surface area (Å²) in [6.45, 7) is 2.29. The highest BCUT2D eigenvalue weighted by molar-refractivity contribution is 6.03. The van der Waals surface area contributed by atoms with Crippen molar-refractivity contribution in [1.82, 2.24) is 4.57 Å². The molecule has 25 heavy (non-hydrogen) atoms. The highest BCUT2D eigenvalue weighted by Gasteiger charge is 2.12. The molecule has 1 N–H and O–H groups in total. The Kier molecular flexibility index (Phi) is 4.18. The summed E-state index contributed by atoms with van der Waals surface area (Å²) in [7, 11) is 1.86. The molecule has 1 aliphatic heterocycles. The average Bonchev–Trinajstić information content (AvgIpc) is 2.92. The molecular formula is C21H23N3O. The molecular weight excluding hydrogens is 310 g/mol. The van der Waals surface area contributed by atoms with Crippen molar-refractivity contribution in [3.05, 3.63) is 54.1 Å². The Balaban J connectivity index is 1.59. The summed E-state index contributed by atoms with van der Waals surface area (Å²) in [5, 5.41) is 11.4. The number of para-hydroxylation sites is 1. The molecule has 0 spiro atoms. The van der Waals surface area contributed by atoms with Gasteiger partial charge in [0.05, 0.1) is 16.8 Å². The summed E-state index contributed by atoms with van der Waals surface area (Å²) < 4.78 is 1.79. The number of aliphatic imine (C=N–C) groups is 1. The molecule has 0 unspecified atom stereocenters. The molecule has 0 saturated carbocycles. The third-order valence-corrected chi connectivity index (χ3v) is 5.03. The standard InChI is InChI=1S/C21H23N3O/c1-23-20-8-4-3-7-18(20)19(21(23)25)15-22-16-9-11-17(12-10-16)24-13-5-2-6-14-24/h3-4,7-12,15,25H,2,5-6,13-14H2,1H3. The number of hydrogen-bond acceptors (Lipinski definition) is 3. The van der Waals surface area contributed by atoms with E-state index in [2.05, 4.69) is 22.0 Å². The minimum absolute atomic E-state index is 0.245. The Morgan fingerprint density at radius 2 is 1.68 bits per heavy atom. The Morgan fingerprint density at radius 3 is 2.44 bits per heavy atom. The summed E-state index contributed by atoms with van der Waals surface area (Å²) in [5.41, 5.74) is 3.93. The number of benzene rings is 2. The zero-order chi connectivity index (χ0) is 17.2. The fourth-order valence-corrected chi connectivity index (χ4v) is 3.58. The predicted molar refractivity (Wildman–Crippen MR) is 104 cm³/mol. The molecule has 1 saturated heterocycles. The van der Waals surface area contributed by atoms with Crippen LogP contribution in [0.25, 0.3) is 10.9 Å². The zero-order valence-corrected chi connectivity index (χ0v) is 14.5. The van der Waals surface area contributed by atoms with E-state index < -0.39 is 0 Å². The van der Waals surface area contributed by atoms with Crippen molar-refractivity contribution in [1.29, 1.82) is 0 Å². The Bertz CT molecular complexity index is 903. The zero-order valence-electron chi connectivity index (χ0n) is 14.5. The van der Waals surface area contributed by atoms with Crippen LogP contribution >= 0.6 is 0 Å². The van der Waals surface area contributed by atoms with Gasteiger partial charge in [-0.2, -0.15) is 0 Å². The van der Waals surface area contributed by atoms with Gasteiger partial charge in [0.15, 0.2) is 0 Å². The first-order valence-electron chi connectivity index (χ1n) is 8.89. The van der Waals surface area contributed by atoms with Crippen LogP contribution in [0.1, 0.15) is 24.8 Å². The van der Waals surface area contributed by atoms with Crippen LogP contribution in [-0.4, -0.2) is 29.0 Å². The number of hydrogen-bond donors (Lipinski definition) is 1. The van der Waals surface area contributed by atoms with E-state index in [1.807, 2.05) is 43.4 Å². The fraction of sp³-hybridized carbons (Fsp3) is 0.286. The van der Waals surface area contributed by atoms with Gasteiger partial charge < -0.3 is 14.6 Å². The third-order valence-electron chi connectivity index (χ3n) is 5.03. The van der Waals surface area contributed by atoms with Crippen LogP contribution in [0.5, 0.6) is 5.88 Å². The van der Waals surface area contributed by atoms with E-state index in [1.165, 1.54) is 24.9 Å². The largest absolute Gasteiger partial charge is 0.494 e. The monoisotopic (exact) mass is 333 g/mol. The van der Waals surface area contributed by atoms with E-state index in [1.54, 1.807) is 10.8 Å². The van der Waals surface area contributed by atoms with E-state index in [4.69, 9.17) is 0 Å². The van der Waals surface area contributed by atoms with Crippen LogP contribution in [0.15, 0.2) is 53.5 Å². The van der Waals surface area contributed by atoms with E-state index in [-0.39, 0.29) is 5.88 Å². The molecule has 1 aliphatic rings. The van der Waals surface area contributed by atoms with Crippen LogP contribution in [0.2, 0.25) is 0 Å². The number of aryl methyl sites for hydroxylation is 1. The van der Waals surface area contributed by atoms with Crippen LogP contribution < -0.4 is 4.90 Å². The summed E-state index contributed by atoms with van der Waals surface area (Å²) in [4.78, 5) is 7.01. The molecule has 4 rings (SSSR count). The lowest BCUT2D eigenvalue weighted by molar-refractivity contribution is 0.434. The predicted octanol–water partition coefficient (Wildman–Crippen LogP) is 4.62. The highest BCUT2D eigenvalue weighted by Crippen LogP contribution is 2.29. The van der Waals surface area contributed by atoms with Crippen molar-refractivity contribution >= 4 is 28.5 Å². The second kappa shape index (κ2) is 6.63. The van der Waals surface area contributed by atoms with Gasteiger partial charge in [-0.05, 0) is 49.6 Å². The number of aromatic nitrogens is 1. The fourth-order valence-electron chi connectivity index (χ4n) is 3.58. The van der Waals surface area contributed by atoms with Crippen LogP contribution in [0.3, 0.4) is 0 Å². The molecule has 0 radical (unpaired) electrons. The summed E-state index contributed by atoms with van der Waals surface area (Å²) >= 11 is 0. The van der Waals surface area contributed by atoms with E-state index in [9.17, 15) is 5.11 Å². The summed E-state index contributed by atoms with van der Waals surface area (Å²) in [5.74, 6) is 0.245. The van der Waals surface area contributed by atoms with Gasteiger partial charge in [0.25, 0.3) is 0 Å². The topological polar surface area (TPSA) is 40.8 Å². The molecule has 0 aliphatic carbocycles. The molecule has 0 bridgehead atoms. The first-order chi connectivity index (χ1) is 12.2. The van der Waals surface area contributed by atoms with Gasteiger partial charge in [-0.1, -0.05) is 18.2 Å². The van der Waals surface area contributed by atoms with Gasteiger partial charge >= 0.3 is 0 Å². The lowest BCUT2D eigenvalue weighted by Crippen LogP contribution is -2.29. The Hall–Kier alpha value is -2.75. The van der Waals surface area contributed by atoms with Crippen molar-refractivity contribution < 1.29 is 5.11 Å². The number of aromatic hydroxyl groups is 1. The van der Waals surface area contributed by atoms with E-state index >= 15 is 0 Å². The maximum Gasteiger partial charge on any atom is 0.200 e. The molecule has 0 amide bonds. The van der Waals surface area contributed by atoms with Gasteiger partial charge in [0, 0.05) is 37.4 Å². The molecule has 1 fully saturated rings. The van der Waals surface area contributed by atoms with Crippen molar-refractivity contribution in [2.24, 2.45) is 12.0 Å². The molecule has 0 atom stereocenters. The number of piperidine rings is 1. The first-order valence-corrected chi connectivity index (χ1v) is 8.89. The molecule has 4 heteroatoms. The number of nitrogens with zero attached hydrogens (tertiary/aromatic N) is 3. The van der Waals surface area contributed by atoms with Crippen molar-refractivity contribution in [2.75, 3.05) is 18.0 Å². The number of rotatable bonds is 3. The average molecular weight is 333 g/mol. The molecule has 128 valence electrons. The van der Waals surface area contributed by atoms with E-state index in [0.29, 0.717) is 0 Å². The van der Waals surface area contributed by atoms with Crippen LogP contribution in [-0.2, 0) is 7.05 Å². The van der Waals surface area contributed by atoms with Crippen molar-refractivity contribution in [3.8, 4) is 5.88 Å². The van der Waals surface area contributed by atoms with Gasteiger partial charge in [-0.15, -0.1) is 0 Å². The molecule has 4 nitrogen and oxygen atoms in total. The van der Waals surface area contributed by atoms with Crippen molar-refractivity contribution in [3.63, 3.8) is 0 Å². The quantitative estimate of drug-likeness (QED) is 0.710. The second-order valence-electron chi connectivity index (χ2n) is 6.64. The lowest BCUT2D eigenvalue weighted by Gasteiger charge is -2.28. The Labute approximate surface area is 148 Å². The molecule has 1 aromatic heterocycles. The van der Waals surface area contributed by atoms with E-state index in [0.717, 1.165) is 35.2 Å². The highest BCUT2D eigenvalue weighted by atomic mass is 16.3. The molecule has 3 aromatic rings. The van der Waals surface area contributed by atoms with Gasteiger partial charge in [-0.25, -0.2) is 0 Å². The second-order valence-corrected chi connectivity index (χ2v) is 6.64. The van der Waals surface area contributed by atoms with Crippen molar-refractivity contribution in [2.45, 2.75) is 19.3 Å². The minimum atomic E-state index is 0.245. The molecule has 2 heterocycles. The minimum Gasteiger partial charge on any atom is -0.494 e. The third kappa shape index (κ3) is 3.00.